The summed E-state index contributed by atoms with van der Waals surface area (Å²) >= 11 is 0. The molecule has 3 aromatic carbocycles. The number of benzene rings is 2. The van der Waals surface area contributed by atoms with Gasteiger partial charge in [0.2, 0.25) is 0 Å². The van der Waals surface area contributed by atoms with E-state index in [0.717, 1.165) is 24.8 Å². The van der Waals surface area contributed by atoms with Crippen LogP contribution in [0.15, 0.2) is 58.1 Å². The molecule has 0 spiro atoms. The maximum atomic E-state index is 13.3. The molecule has 35 heavy (non-hydrogen) atoms. The van der Waals surface area contributed by atoms with Crippen LogP contribution in [0.3, 0.4) is 0 Å². The van der Waals surface area contributed by atoms with Gasteiger partial charge in [-0.25, -0.2) is 0 Å². The molecule has 1 unspecified atom stereocenters. The van der Waals surface area contributed by atoms with Crippen LogP contribution in [0.4, 0.5) is 17.1 Å². The Morgan fingerprint density at radius 1 is 1.06 bits per heavy atom. The lowest BCUT2D eigenvalue weighted by molar-refractivity contribution is 0.0572. The van der Waals surface area contributed by atoms with Crippen molar-refractivity contribution in [2.75, 3.05) is 23.8 Å². The van der Waals surface area contributed by atoms with Gasteiger partial charge < -0.3 is 25.7 Å². The fourth-order valence-electron chi connectivity index (χ4n) is 4.75. The quantitative estimate of drug-likeness (QED) is 0.274. The lowest BCUT2D eigenvalue weighted by Crippen LogP contribution is -2.44. The van der Waals surface area contributed by atoms with Crippen molar-refractivity contribution in [3.8, 4) is 5.75 Å². The molecule has 0 aliphatic carbocycles. The van der Waals surface area contributed by atoms with Crippen LogP contribution in [0.5, 0.6) is 5.75 Å². The van der Waals surface area contributed by atoms with Gasteiger partial charge in [-0.1, -0.05) is 43.3 Å². The number of hydrogen-bond donors (Lipinski definition) is 4. The van der Waals surface area contributed by atoms with Crippen LogP contribution in [0.2, 0.25) is 0 Å². The van der Waals surface area contributed by atoms with Crippen LogP contribution in [0.1, 0.15) is 61.0 Å². The number of aliphatic hydroxyl groups is 1. The van der Waals surface area contributed by atoms with E-state index in [2.05, 4.69) is 10.6 Å². The minimum Gasteiger partial charge on any atom is -0.505 e. The van der Waals surface area contributed by atoms with Crippen molar-refractivity contribution < 1.29 is 15.0 Å². The van der Waals surface area contributed by atoms with Gasteiger partial charge in [-0.2, -0.15) is 0 Å². The average molecular weight is 478 g/mol. The van der Waals surface area contributed by atoms with Gasteiger partial charge in [-0.15, -0.1) is 0 Å². The number of aromatic hydroxyl groups is 1. The van der Waals surface area contributed by atoms with Crippen LogP contribution in [-0.2, 0) is 0 Å². The van der Waals surface area contributed by atoms with Gasteiger partial charge in [0.25, 0.3) is 16.8 Å². The molecular weight excluding hydrogens is 446 g/mol. The van der Waals surface area contributed by atoms with Gasteiger partial charge >= 0.3 is 0 Å². The van der Waals surface area contributed by atoms with Gasteiger partial charge in [0, 0.05) is 19.2 Å². The molecule has 0 radical (unpaired) electrons. The Balaban J connectivity index is 1.58. The molecule has 3 aromatic rings. The third-order valence-corrected chi connectivity index (χ3v) is 6.72. The van der Waals surface area contributed by atoms with Crippen molar-refractivity contribution in [1.82, 2.24) is 4.90 Å². The Morgan fingerprint density at radius 3 is 2.51 bits per heavy atom. The minimum atomic E-state index is -0.675. The summed E-state index contributed by atoms with van der Waals surface area (Å²) in [4.78, 5) is 39.7. The zero-order chi connectivity index (χ0) is 24.9. The van der Waals surface area contributed by atoms with Crippen molar-refractivity contribution >= 4 is 23.0 Å². The summed E-state index contributed by atoms with van der Waals surface area (Å²) in [7, 11) is 0. The first-order valence-corrected chi connectivity index (χ1v) is 12.1. The number of amides is 1. The van der Waals surface area contributed by atoms with Crippen LogP contribution >= 0.6 is 0 Å². The van der Waals surface area contributed by atoms with Gasteiger partial charge in [0.1, 0.15) is 11.4 Å². The number of piperidine rings is 1. The highest BCUT2D eigenvalue weighted by atomic mass is 16.3. The lowest BCUT2D eigenvalue weighted by Gasteiger charge is -2.35. The highest BCUT2D eigenvalue weighted by Gasteiger charge is 2.30. The maximum absolute atomic E-state index is 13.3. The molecule has 1 heterocycles. The summed E-state index contributed by atoms with van der Waals surface area (Å²) in [5.74, 6) is -0.595. The second-order valence-electron chi connectivity index (χ2n) is 8.91. The zero-order valence-electron chi connectivity index (χ0n) is 19.8. The van der Waals surface area contributed by atoms with Gasteiger partial charge in [-0.05, 0) is 49.8 Å². The molecule has 1 fully saturated rings. The molecule has 4 rings (SSSR count). The Hall–Kier alpha value is -3.65. The number of hydrogen-bond acceptors (Lipinski definition) is 7. The number of nitrogens with zero attached hydrogens (tertiary/aromatic N) is 1. The summed E-state index contributed by atoms with van der Waals surface area (Å²) in [6.45, 7) is 2.53. The van der Waals surface area contributed by atoms with Crippen LogP contribution < -0.4 is 21.5 Å². The smallest absolute Gasteiger partial charge is 0.257 e. The van der Waals surface area contributed by atoms with Crippen LogP contribution in [0, 0.1) is 0 Å². The van der Waals surface area contributed by atoms with Gasteiger partial charge in [-0.3, -0.25) is 14.4 Å². The number of phenolic OH excluding ortho intramolecular Hbond substituents is 1. The van der Waals surface area contributed by atoms with E-state index in [1.165, 1.54) is 6.07 Å². The van der Waals surface area contributed by atoms with E-state index in [4.69, 9.17) is 0 Å². The first-order chi connectivity index (χ1) is 17.0. The Labute approximate surface area is 203 Å². The Bertz CT molecular complexity index is 1250. The molecule has 1 saturated heterocycles. The van der Waals surface area contributed by atoms with E-state index in [1.807, 2.05) is 37.3 Å². The number of anilines is 3. The van der Waals surface area contributed by atoms with E-state index < -0.39 is 10.9 Å². The fourth-order valence-corrected chi connectivity index (χ4v) is 4.75. The monoisotopic (exact) mass is 477 g/mol. The lowest BCUT2D eigenvalue weighted by atomic mass is 9.98. The molecule has 8 nitrogen and oxygen atoms in total. The summed E-state index contributed by atoms with van der Waals surface area (Å²) < 4.78 is 0. The minimum absolute atomic E-state index is 0.0101. The third kappa shape index (κ3) is 4.93. The second-order valence-corrected chi connectivity index (χ2v) is 8.91. The van der Waals surface area contributed by atoms with Crippen molar-refractivity contribution in [2.45, 2.75) is 51.1 Å². The molecule has 4 N–H and O–H groups in total. The largest absolute Gasteiger partial charge is 0.505 e. The van der Waals surface area contributed by atoms with Gasteiger partial charge in [0.05, 0.1) is 17.3 Å². The van der Waals surface area contributed by atoms with E-state index in [1.54, 1.807) is 17.0 Å². The number of carbonyl (C=O) groups is 1. The molecule has 1 aliphatic heterocycles. The number of nitrogens with one attached hydrogen (secondary N) is 2. The molecule has 1 amide bonds. The van der Waals surface area contributed by atoms with E-state index in [0.29, 0.717) is 19.4 Å². The number of aliphatic hydroxyl groups excluding tert-OH is 1. The predicted octanol–water partition coefficient (Wildman–Crippen LogP) is 3.67. The van der Waals surface area contributed by atoms with Crippen LogP contribution in [-0.4, -0.2) is 40.2 Å². The van der Waals surface area contributed by atoms with Crippen molar-refractivity contribution in [3.63, 3.8) is 0 Å². The highest BCUT2D eigenvalue weighted by molar-refractivity contribution is 5.99. The fraction of sp³-hybridized carbons (Fsp3) is 0.370. The molecule has 184 valence electrons. The average Bonchev–Trinajstić information content (AvgIpc) is 2.89. The topological polar surface area (TPSA) is 119 Å². The number of rotatable bonds is 9. The third-order valence-electron chi connectivity index (χ3n) is 6.72. The summed E-state index contributed by atoms with van der Waals surface area (Å²) in [5.41, 5.74) is 0.224. The predicted molar refractivity (Wildman–Crippen MR) is 136 cm³/mol. The van der Waals surface area contributed by atoms with Crippen molar-refractivity contribution in [2.24, 2.45) is 0 Å². The molecule has 0 aromatic heterocycles. The van der Waals surface area contributed by atoms with Crippen molar-refractivity contribution in [1.29, 1.82) is 0 Å². The molecule has 1 aliphatic rings. The standard InChI is InChI=1S/C27H31N3O5/c1-2-20(17-9-4-3-5-10-17)28-22-23(26(34)25(22)33)29-21-13-8-12-19(24(21)32)27(35)30-15-7-6-11-18(30)14-16-31/h3-5,8-10,12-13,18,20,28-29,31-32H,2,6-7,11,14-16H2,1H3/t18?,20-/m1/s1. The second kappa shape index (κ2) is 10.7. The van der Waals surface area contributed by atoms with Crippen molar-refractivity contribution in [3.05, 3.63) is 80.1 Å². The molecule has 8 heteroatoms. The number of para-hydroxylation sites is 1. The first kappa shape index (κ1) is 24.5. The Kier molecular flexibility index (Phi) is 7.51. The van der Waals surface area contributed by atoms with E-state index in [9.17, 15) is 24.6 Å². The number of phenols is 1. The first-order valence-electron chi connectivity index (χ1n) is 12.1. The normalized spacial score (nSPS) is 16.7. The molecule has 2 atom stereocenters. The molecule has 0 bridgehead atoms. The summed E-state index contributed by atoms with van der Waals surface area (Å²) in [6.07, 6.45) is 3.85. The molecular formula is C27H31N3O5. The number of likely N-dealkylation sites (tertiary alicyclic amines) is 1. The SMILES string of the molecule is CC[C@@H](Nc1c(Nc2cccc(C(=O)N3CCCCC3CCO)c2O)c(=O)c1=O)c1ccccc1. The summed E-state index contributed by atoms with van der Waals surface area (Å²) in [5, 5.41) is 26.3. The summed E-state index contributed by atoms with van der Waals surface area (Å²) in [6, 6.07) is 14.1. The molecule has 0 saturated carbocycles. The highest BCUT2D eigenvalue weighted by Crippen LogP contribution is 2.34. The zero-order valence-corrected chi connectivity index (χ0v) is 19.8. The van der Waals surface area contributed by atoms with Gasteiger partial charge in [0.15, 0.2) is 5.75 Å². The van der Waals surface area contributed by atoms with E-state index >= 15 is 0 Å². The van der Waals surface area contributed by atoms with E-state index in [-0.39, 0.29) is 53.0 Å². The maximum Gasteiger partial charge on any atom is 0.257 e. The van der Waals surface area contributed by atoms with Crippen LogP contribution in [0.25, 0.3) is 0 Å². The number of carbonyl (C=O) groups excluding carboxylic acids is 1. The Morgan fingerprint density at radius 2 is 1.80 bits per heavy atom.